The van der Waals surface area contributed by atoms with Crippen molar-refractivity contribution >= 4 is 41.9 Å². The standard InChI is InChI=1S/C36H50N6O7.ClH/c1-23(2)32-36(47)39-19-7-12-25-15-16-29(48-3)30(21-25)49-22-31(43)38-18-9-14-27(40-33(44)26-13-8-17-37-26)34(45)41-28(35(46)42-32)20-24-10-5-4-6-11-24;/h4-6,10-11,15-16,21,23,26-28,32,37H,7-9,12-14,17-20,22H2,1-3H3,(H,38,43)(H,39,47)(H,40,44)(H,41,45)(H,42,46);1H/t26-,27+,28+,32-;/m1./s1. The fraction of sp³-hybridized carbons (Fsp3) is 0.528. The van der Waals surface area contributed by atoms with Crippen molar-refractivity contribution in [1.29, 1.82) is 0 Å². The number of hydrogen-bond acceptors (Lipinski definition) is 8. The average Bonchev–Trinajstić information content (AvgIpc) is 3.64. The van der Waals surface area contributed by atoms with Gasteiger partial charge in [0.15, 0.2) is 18.1 Å². The van der Waals surface area contributed by atoms with Gasteiger partial charge in [0.2, 0.25) is 23.6 Å². The summed E-state index contributed by atoms with van der Waals surface area (Å²) in [6, 6.07) is 11.5. The summed E-state index contributed by atoms with van der Waals surface area (Å²) < 4.78 is 11.2. The lowest BCUT2D eigenvalue weighted by atomic mass is 10.00. The van der Waals surface area contributed by atoms with E-state index in [1.54, 1.807) is 6.07 Å². The Balaban J connectivity index is 0.00000676. The summed E-state index contributed by atoms with van der Waals surface area (Å²) in [4.78, 5) is 66.7. The summed E-state index contributed by atoms with van der Waals surface area (Å²) in [5.41, 5.74) is 1.76. The van der Waals surface area contributed by atoms with E-state index >= 15 is 0 Å². The fourth-order valence-electron chi connectivity index (χ4n) is 5.90. The maximum absolute atomic E-state index is 13.8. The van der Waals surface area contributed by atoms with E-state index in [1.807, 2.05) is 56.3 Å². The Hall–Kier alpha value is -4.36. The van der Waals surface area contributed by atoms with Crippen LogP contribution in [0.1, 0.15) is 57.1 Å². The van der Waals surface area contributed by atoms with Crippen molar-refractivity contribution in [2.75, 3.05) is 33.4 Å². The van der Waals surface area contributed by atoms with Crippen LogP contribution >= 0.6 is 12.4 Å². The molecule has 0 aliphatic carbocycles. The highest BCUT2D eigenvalue weighted by atomic mass is 35.5. The van der Waals surface area contributed by atoms with Crippen molar-refractivity contribution in [3.63, 3.8) is 0 Å². The minimum Gasteiger partial charge on any atom is -0.493 e. The number of rotatable bonds is 6. The molecule has 0 aromatic heterocycles. The highest BCUT2D eigenvalue weighted by Gasteiger charge is 2.32. The van der Waals surface area contributed by atoms with E-state index in [9.17, 15) is 24.0 Å². The van der Waals surface area contributed by atoms with Gasteiger partial charge < -0.3 is 41.4 Å². The van der Waals surface area contributed by atoms with Gasteiger partial charge in [-0.15, -0.1) is 12.4 Å². The predicted molar refractivity (Wildman–Crippen MR) is 191 cm³/mol. The van der Waals surface area contributed by atoms with Gasteiger partial charge in [0.25, 0.3) is 5.91 Å². The Morgan fingerprint density at radius 1 is 0.900 bits per heavy atom. The van der Waals surface area contributed by atoms with Crippen LogP contribution in [0.25, 0.3) is 0 Å². The number of methoxy groups -OCH3 is 1. The predicted octanol–water partition coefficient (Wildman–Crippen LogP) is 1.56. The minimum atomic E-state index is -1.02. The summed E-state index contributed by atoms with van der Waals surface area (Å²) in [6.45, 7) is 4.77. The first-order valence-corrected chi connectivity index (χ1v) is 17.2. The van der Waals surface area contributed by atoms with Gasteiger partial charge in [-0.05, 0) is 74.2 Å². The zero-order valence-electron chi connectivity index (χ0n) is 29.0. The maximum atomic E-state index is 13.8. The van der Waals surface area contributed by atoms with Crippen LogP contribution in [-0.2, 0) is 36.8 Å². The molecule has 4 atom stereocenters. The number of halogens is 1. The second-order valence-corrected chi connectivity index (χ2v) is 12.9. The smallest absolute Gasteiger partial charge is 0.257 e. The Labute approximate surface area is 300 Å². The quantitative estimate of drug-likeness (QED) is 0.261. The van der Waals surface area contributed by atoms with Crippen LogP contribution < -0.4 is 41.4 Å². The third-order valence-electron chi connectivity index (χ3n) is 8.69. The molecule has 0 spiro atoms. The summed E-state index contributed by atoms with van der Waals surface area (Å²) >= 11 is 0. The molecule has 2 aliphatic rings. The minimum absolute atomic E-state index is 0. The maximum Gasteiger partial charge on any atom is 0.257 e. The van der Waals surface area contributed by atoms with Crippen LogP contribution in [0.2, 0.25) is 0 Å². The van der Waals surface area contributed by atoms with Crippen LogP contribution in [-0.4, -0.2) is 87.1 Å². The number of carbonyl (C=O) groups is 5. The molecule has 1 saturated heterocycles. The van der Waals surface area contributed by atoms with Crippen molar-refractivity contribution < 1.29 is 33.4 Å². The Kier molecular flexibility index (Phi) is 16.3. The molecule has 2 aromatic carbocycles. The average molecular weight is 715 g/mol. The van der Waals surface area contributed by atoms with Crippen molar-refractivity contribution in [1.82, 2.24) is 31.9 Å². The lowest BCUT2D eigenvalue weighted by molar-refractivity contribution is -0.134. The number of carbonyl (C=O) groups excluding carboxylic acids is 5. The second-order valence-electron chi connectivity index (χ2n) is 12.9. The van der Waals surface area contributed by atoms with Gasteiger partial charge in [0.05, 0.1) is 13.2 Å². The van der Waals surface area contributed by atoms with Crippen LogP contribution in [0.3, 0.4) is 0 Å². The number of benzene rings is 2. The summed E-state index contributed by atoms with van der Waals surface area (Å²) in [5.74, 6) is -1.33. The van der Waals surface area contributed by atoms with Crippen LogP contribution in [0.15, 0.2) is 48.5 Å². The van der Waals surface area contributed by atoms with Gasteiger partial charge in [0.1, 0.15) is 18.1 Å². The summed E-state index contributed by atoms with van der Waals surface area (Å²) in [7, 11) is 1.52. The van der Waals surface area contributed by atoms with E-state index < -0.39 is 36.0 Å². The molecular formula is C36H51ClN6O7. The second kappa shape index (κ2) is 20.3. The number of hydrogen-bond donors (Lipinski definition) is 6. The molecule has 13 nitrogen and oxygen atoms in total. The topological polar surface area (TPSA) is 176 Å². The summed E-state index contributed by atoms with van der Waals surface area (Å²) in [5, 5.41) is 17.5. The highest BCUT2D eigenvalue weighted by molar-refractivity contribution is 5.95. The molecule has 2 aliphatic heterocycles. The fourth-order valence-corrected chi connectivity index (χ4v) is 5.90. The molecular weight excluding hydrogens is 664 g/mol. The van der Waals surface area contributed by atoms with E-state index in [2.05, 4.69) is 31.9 Å². The third kappa shape index (κ3) is 12.2. The molecule has 1 fully saturated rings. The highest BCUT2D eigenvalue weighted by Crippen LogP contribution is 2.28. The number of ether oxygens (including phenoxy) is 2. The lowest BCUT2D eigenvalue weighted by Crippen LogP contribution is -2.59. The van der Waals surface area contributed by atoms with Crippen molar-refractivity contribution in [2.24, 2.45) is 5.92 Å². The number of fused-ring (bicyclic) bond motifs is 2. The van der Waals surface area contributed by atoms with E-state index in [1.165, 1.54) is 7.11 Å². The molecule has 6 N–H and O–H groups in total. The molecule has 4 rings (SSSR count). The van der Waals surface area contributed by atoms with Gasteiger partial charge in [-0.2, -0.15) is 0 Å². The molecule has 0 radical (unpaired) electrons. The van der Waals surface area contributed by atoms with E-state index in [0.29, 0.717) is 50.3 Å². The van der Waals surface area contributed by atoms with Gasteiger partial charge >= 0.3 is 0 Å². The van der Waals surface area contributed by atoms with Crippen molar-refractivity contribution in [3.8, 4) is 11.5 Å². The SMILES string of the molecule is COc1ccc2cc1OCC(=O)NCCC[C@H](NC(=O)[C@H]1CCCN1)C(=O)N[C@@H](Cc1ccccc1)C(=O)N[C@H](C(C)C)C(=O)NCCC2.Cl. The first-order chi connectivity index (χ1) is 23.6. The lowest BCUT2D eigenvalue weighted by Gasteiger charge is -2.27. The zero-order valence-corrected chi connectivity index (χ0v) is 29.9. The van der Waals surface area contributed by atoms with Gasteiger partial charge in [-0.3, -0.25) is 24.0 Å². The number of nitrogens with one attached hydrogen (secondary N) is 6. The molecule has 14 heteroatoms. The first kappa shape index (κ1) is 40.1. The number of amides is 5. The molecule has 0 unspecified atom stereocenters. The molecule has 2 aromatic rings. The van der Waals surface area contributed by atoms with Crippen LogP contribution in [0.5, 0.6) is 11.5 Å². The van der Waals surface area contributed by atoms with Gasteiger partial charge in [0, 0.05) is 19.5 Å². The zero-order chi connectivity index (χ0) is 35.2. The molecule has 274 valence electrons. The molecule has 2 bridgehead atoms. The third-order valence-corrected chi connectivity index (χ3v) is 8.69. The van der Waals surface area contributed by atoms with E-state index in [0.717, 1.165) is 17.5 Å². The van der Waals surface area contributed by atoms with E-state index in [4.69, 9.17) is 9.47 Å². The first-order valence-electron chi connectivity index (χ1n) is 17.2. The van der Waals surface area contributed by atoms with Gasteiger partial charge in [-0.25, -0.2) is 0 Å². The largest absolute Gasteiger partial charge is 0.493 e. The number of aryl methyl sites for hydroxylation is 1. The normalized spacial score (nSPS) is 23.0. The van der Waals surface area contributed by atoms with Crippen LogP contribution in [0, 0.1) is 5.92 Å². The Bertz CT molecular complexity index is 1440. The van der Waals surface area contributed by atoms with Gasteiger partial charge in [-0.1, -0.05) is 50.2 Å². The molecule has 50 heavy (non-hydrogen) atoms. The monoisotopic (exact) mass is 714 g/mol. The van der Waals surface area contributed by atoms with Crippen molar-refractivity contribution in [3.05, 3.63) is 59.7 Å². The van der Waals surface area contributed by atoms with Crippen LogP contribution in [0.4, 0.5) is 0 Å². The molecule has 0 saturated carbocycles. The Morgan fingerprint density at radius 2 is 1.64 bits per heavy atom. The Morgan fingerprint density at radius 3 is 2.34 bits per heavy atom. The van der Waals surface area contributed by atoms with Crippen molar-refractivity contribution in [2.45, 2.75) is 83.0 Å². The molecule has 5 amide bonds. The van der Waals surface area contributed by atoms with E-state index in [-0.39, 0.29) is 62.0 Å². The summed E-state index contributed by atoms with van der Waals surface area (Å²) in [6.07, 6.45) is 3.50. The molecule has 2 heterocycles.